The smallest absolute Gasteiger partial charge is 0.316 e. The molecule has 0 aromatic rings. The van der Waals surface area contributed by atoms with Crippen molar-refractivity contribution in [2.75, 3.05) is 20.8 Å². The van der Waals surface area contributed by atoms with E-state index in [0.29, 0.717) is 43.2 Å². The number of amides is 1. The molecule has 7 rings (SSSR count). The van der Waals surface area contributed by atoms with Crippen LogP contribution >= 0.6 is 0 Å². The van der Waals surface area contributed by atoms with Gasteiger partial charge in [-0.25, -0.2) is 0 Å². The molecule has 19 atom stereocenters. The van der Waals surface area contributed by atoms with Gasteiger partial charge in [-0.15, -0.1) is 0 Å². The Balaban J connectivity index is 1.17. The van der Waals surface area contributed by atoms with Gasteiger partial charge in [-0.3, -0.25) is 9.59 Å². The Bertz CT molecular complexity index is 1830. The van der Waals surface area contributed by atoms with Crippen LogP contribution in [0.5, 0.6) is 0 Å². The summed E-state index contributed by atoms with van der Waals surface area (Å²) < 4.78 is 64.3. The van der Waals surface area contributed by atoms with Gasteiger partial charge >= 0.3 is 5.97 Å². The Morgan fingerprint density at radius 1 is 0.938 bits per heavy atom. The molecule has 1 spiro atoms. The van der Waals surface area contributed by atoms with Crippen LogP contribution in [0.1, 0.15) is 94.4 Å². The lowest BCUT2D eigenvalue weighted by molar-refractivity contribution is -0.317. The molecule has 0 saturated carbocycles. The first-order chi connectivity index (χ1) is 30.4. The Morgan fingerprint density at radius 3 is 2.39 bits per heavy atom. The summed E-state index contributed by atoms with van der Waals surface area (Å²) in [6.07, 6.45) is 8.95. The van der Waals surface area contributed by atoms with E-state index in [0.717, 1.165) is 5.57 Å². The van der Waals surface area contributed by atoms with Crippen LogP contribution in [0.2, 0.25) is 0 Å². The summed E-state index contributed by atoms with van der Waals surface area (Å²) >= 11 is 0. The minimum Gasteiger partial charge on any atom is -0.462 e. The number of rotatable bonds is 9. The monoisotopic (exact) mass is 900 g/mol. The van der Waals surface area contributed by atoms with Crippen molar-refractivity contribution in [3.63, 3.8) is 0 Å². The Labute approximate surface area is 378 Å². The molecule has 2 bridgehead atoms. The first-order valence-electron chi connectivity index (χ1n) is 23.2. The minimum absolute atomic E-state index is 0.0257. The van der Waals surface area contributed by atoms with Gasteiger partial charge in [-0.05, 0) is 69.8 Å². The summed E-state index contributed by atoms with van der Waals surface area (Å²) in [6, 6.07) is 0. The van der Waals surface area contributed by atoms with Crippen LogP contribution in [0.25, 0.3) is 0 Å². The van der Waals surface area contributed by atoms with Gasteiger partial charge in [0.25, 0.3) is 0 Å². The first-order valence-corrected chi connectivity index (χ1v) is 23.2. The Morgan fingerprint density at radius 2 is 1.69 bits per heavy atom. The lowest BCUT2D eigenvalue weighted by Crippen LogP contribution is -2.65. The zero-order chi connectivity index (χ0) is 46.3. The van der Waals surface area contributed by atoms with Crippen molar-refractivity contribution < 1.29 is 67.2 Å². The molecule has 0 radical (unpaired) electrons. The number of ether oxygens (including phenoxy) is 10. The van der Waals surface area contributed by atoms with Crippen LogP contribution in [0.3, 0.4) is 0 Å². The number of esters is 1. The lowest BCUT2D eigenvalue weighted by atomic mass is 9.71. The predicted molar refractivity (Wildman–Crippen MR) is 234 cm³/mol. The van der Waals surface area contributed by atoms with Crippen molar-refractivity contribution in [3.05, 3.63) is 59.3 Å². The molecule has 1 amide bonds. The van der Waals surface area contributed by atoms with Crippen LogP contribution in [0.15, 0.2) is 59.3 Å². The highest BCUT2D eigenvalue weighted by molar-refractivity contribution is 5.78. The number of aliphatic hydroxyl groups excluding tert-OH is 1. The summed E-state index contributed by atoms with van der Waals surface area (Å²) in [5, 5.41) is 26.6. The third kappa shape index (κ3) is 9.64. The summed E-state index contributed by atoms with van der Waals surface area (Å²) in [7, 11) is 3.26. The highest BCUT2D eigenvalue weighted by atomic mass is 16.7. The third-order valence-electron chi connectivity index (χ3n) is 14.9. The van der Waals surface area contributed by atoms with E-state index in [9.17, 15) is 19.8 Å². The number of methoxy groups -OCH3 is 2. The maximum atomic E-state index is 14.3. The Kier molecular flexibility index (Phi) is 15.2. The van der Waals surface area contributed by atoms with Gasteiger partial charge in [0.05, 0.1) is 54.9 Å². The molecule has 0 aromatic heterocycles. The topological polar surface area (TPSA) is 179 Å². The first kappa shape index (κ1) is 49.1. The number of aliphatic hydroxyl groups is 2. The Hall–Kier alpha value is -2.80. The van der Waals surface area contributed by atoms with Crippen LogP contribution < -0.4 is 5.32 Å². The fourth-order valence-electron chi connectivity index (χ4n) is 11.0. The molecule has 6 heterocycles. The fourth-order valence-corrected chi connectivity index (χ4v) is 11.0. The summed E-state index contributed by atoms with van der Waals surface area (Å²) in [5.41, 5.74) is -0.627. The zero-order valence-corrected chi connectivity index (χ0v) is 39.5. The van der Waals surface area contributed by atoms with Crippen molar-refractivity contribution in [1.82, 2.24) is 5.32 Å². The molecule has 4 fully saturated rings. The molecular weight excluding hydrogens is 827 g/mol. The van der Waals surface area contributed by atoms with E-state index in [4.69, 9.17) is 47.4 Å². The number of allylic oxidation sites excluding steroid dienone is 2. The van der Waals surface area contributed by atoms with Crippen LogP contribution in [-0.2, 0) is 57.0 Å². The summed E-state index contributed by atoms with van der Waals surface area (Å²) in [4.78, 5) is 25.8. The average molecular weight is 900 g/mol. The van der Waals surface area contributed by atoms with Gasteiger partial charge in [0.1, 0.15) is 35.9 Å². The van der Waals surface area contributed by atoms with E-state index in [-0.39, 0.29) is 43.0 Å². The van der Waals surface area contributed by atoms with Crippen molar-refractivity contribution in [3.8, 4) is 0 Å². The second-order valence-corrected chi connectivity index (χ2v) is 19.8. The highest BCUT2D eigenvalue weighted by Crippen LogP contribution is 2.47. The van der Waals surface area contributed by atoms with Crippen LogP contribution in [-0.4, -0.2) is 140 Å². The molecular formula is C49H73NO14. The van der Waals surface area contributed by atoms with Crippen molar-refractivity contribution in [1.29, 1.82) is 0 Å². The molecule has 15 heteroatoms. The predicted octanol–water partition coefficient (Wildman–Crippen LogP) is 5.13. The second kappa shape index (κ2) is 19.8. The largest absolute Gasteiger partial charge is 0.462 e. The van der Waals surface area contributed by atoms with Crippen LogP contribution in [0, 0.1) is 23.7 Å². The molecule has 1 unspecified atom stereocenters. The number of hydrogen-bond acceptors (Lipinski definition) is 14. The van der Waals surface area contributed by atoms with E-state index in [1.54, 1.807) is 33.3 Å². The highest BCUT2D eigenvalue weighted by Gasteiger charge is 2.60. The number of carbonyl (C=O) groups excluding carboxylic acids is 2. The van der Waals surface area contributed by atoms with Gasteiger partial charge in [-0.2, -0.15) is 0 Å². The average Bonchev–Trinajstić information content (AvgIpc) is 3.59. The van der Waals surface area contributed by atoms with Gasteiger partial charge in [0.2, 0.25) is 6.41 Å². The molecule has 15 nitrogen and oxygen atoms in total. The minimum atomic E-state index is -1.84. The van der Waals surface area contributed by atoms with Crippen molar-refractivity contribution in [2.24, 2.45) is 23.7 Å². The molecule has 7 aliphatic rings. The zero-order valence-electron chi connectivity index (χ0n) is 39.5. The maximum Gasteiger partial charge on any atom is 0.316 e. The quantitative estimate of drug-likeness (QED) is 0.158. The van der Waals surface area contributed by atoms with E-state index in [1.807, 2.05) is 45.9 Å². The van der Waals surface area contributed by atoms with Crippen molar-refractivity contribution >= 4 is 12.4 Å². The number of fused-ring (bicyclic) bond motifs is 2. The van der Waals surface area contributed by atoms with Gasteiger partial charge < -0.3 is 62.9 Å². The lowest BCUT2D eigenvalue weighted by Gasteiger charge is -2.49. The summed E-state index contributed by atoms with van der Waals surface area (Å²) in [6.45, 7) is 17.9. The second-order valence-electron chi connectivity index (χ2n) is 19.8. The molecule has 3 N–H and O–H groups in total. The van der Waals surface area contributed by atoms with Gasteiger partial charge in [0.15, 0.2) is 18.4 Å². The van der Waals surface area contributed by atoms with E-state index in [2.05, 4.69) is 45.2 Å². The fraction of sp³-hybridized carbons (Fsp3) is 0.755. The standard InChI is InChI=1S/C49H73NO14/c1-26(2)42-29(5)17-18-48(64-42)23-35-20-34(63-48)16-15-28(4)43(27(3)13-12-14-33-24-57-45-41(52)30(6)19-36(46(53)60-35)49(33,45)54)61-39-21-37(55-10)44(31(7)58-39)62-40-22-38(56-11)47(9,50-25-51)32(8)59-40/h12-15,17-19,25-27,29,31-32,34-45,52,54H,16,20-24H2,1-11H3,(H,50,51)/b13-12+,28-15+,33-14+/t27-,29-,31-,32-,34+,35-,36-,37-,38-,39-,40-,41+,42+,43-,44-,45+,47?,48+,49+/m0/s1. The summed E-state index contributed by atoms with van der Waals surface area (Å²) in [5.74, 6) is -2.66. The molecule has 1 aliphatic carbocycles. The third-order valence-corrected chi connectivity index (χ3v) is 14.9. The molecule has 6 aliphatic heterocycles. The normalized spacial score (nSPS) is 48.6. The molecule has 64 heavy (non-hydrogen) atoms. The number of carbonyl (C=O) groups is 2. The van der Waals surface area contributed by atoms with Crippen molar-refractivity contribution in [2.45, 2.75) is 191 Å². The SMILES string of the molecule is CO[C@H]1C[C@H](O[C@@H]2/C(C)=C/C[C@@H]3C[C@@H](C[C@]4(C=C[C@H](C)[C@@H](C(C)C)O4)O3)OC(=O)[C@@H]3C=C(C)[C@@H](O)[C@H]4OC/C(=C\C=C\[C@@H]2C)[C@]43O)O[C@@H](C)[C@@H]1O[C@H]1C[C@H](OC)C(C)(NC=O)[C@H](C)O1. The van der Waals surface area contributed by atoms with Gasteiger partial charge in [-0.1, -0.05) is 64.2 Å². The number of nitrogens with one attached hydrogen (secondary N) is 1. The molecule has 0 aromatic carbocycles. The molecule has 4 saturated heterocycles. The van der Waals surface area contributed by atoms with Crippen LogP contribution in [0.4, 0.5) is 0 Å². The maximum absolute atomic E-state index is 14.3. The van der Waals surface area contributed by atoms with E-state index in [1.165, 1.54) is 0 Å². The molecule has 358 valence electrons. The van der Waals surface area contributed by atoms with E-state index >= 15 is 0 Å². The number of hydrogen-bond donors (Lipinski definition) is 3. The van der Waals surface area contributed by atoms with E-state index < -0.39 is 96.3 Å². The van der Waals surface area contributed by atoms with Gasteiger partial charge in [0, 0.05) is 51.7 Å².